The lowest BCUT2D eigenvalue weighted by atomic mass is 9.90. The summed E-state index contributed by atoms with van der Waals surface area (Å²) < 4.78 is 5.29. The first kappa shape index (κ1) is 46.7. The average Bonchev–Trinajstić information content (AvgIpc) is 4.18. The molecule has 378 valence electrons. The number of hydrogen-bond donors (Lipinski definition) is 0. The summed E-state index contributed by atoms with van der Waals surface area (Å²) >= 11 is 3.82. The van der Waals surface area contributed by atoms with Crippen LogP contribution in [0.5, 0.6) is 0 Å². The lowest BCUT2D eigenvalue weighted by Gasteiger charge is -2.32. The molecule has 0 amide bonds. The van der Waals surface area contributed by atoms with Crippen molar-refractivity contribution in [1.82, 2.24) is 0 Å². The summed E-state index contributed by atoms with van der Waals surface area (Å²) in [6, 6.07) is 90.8. The smallest absolute Gasteiger partial charge is 0.0540 e. The summed E-state index contributed by atoms with van der Waals surface area (Å²) in [6.45, 7) is 9.24. The van der Waals surface area contributed by atoms with Gasteiger partial charge in [-0.1, -0.05) is 182 Å². The van der Waals surface area contributed by atoms with E-state index in [0.29, 0.717) is 0 Å². The van der Waals surface area contributed by atoms with E-state index in [1.54, 1.807) is 0 Å². The van der Waals surface area contributed by atoms with Gasteiger partial charge >= 0.3 is 0 Å². The van der Waals surface area contributed by atoms with E-state index in [1.807, 2.05) is 22.7 Å². The lowest BCUT2D eigenvalue weighted by molar-refractivity contribution is 1.23. The van der Waals surface area contributed by atoms with Crippen molar-refractivity contribution in [3.63, 3.8) is 0 Å². The topological polar surface area (TPSA) is 6.48 Å². The van der Waals surface area contributed by atoms with E-state index >= 15 is 0 Å². The zero-order valence-electron chi connectivity index (χ0n) is 44.8. The van der Waals surface area contributed by atoms with Gasteiger partial charge in [0, 0.05) is 73.6 Å². The predicted octanol–water partition coefficient (Wildman–Crippen LogP) is 23.1. The fourth-order valence-corrected chi connectivity index (χ4v) is 16.1. The molecule has 0 spiro atoms. The highest BCUT2D eigenvalue weighted by molar-refractivity contribution is 7.27. The molecular weight excluding hydrogens is 1000 g/mol. The van der Waals surface area contributed by atoms with Crippen LogP contribution < -0.4 is 9.80 Å². The Balaban J connectivity index is 0.913. The van der Waals surface area contributed by atoms with Crippen LogP contribution in [0.4, 0.5) is 34.1 Å². The van der Waals surface area contributed by atoms with Crippen molar-refractivity contribution in [3.8, 4) is 22.3 Å². The molecule has 0 bridgehead atoms. The van der Waals surface area contributed by atoms with Gasteiger partial charge in [-0.2, -0.15) is 0 Å². The Labute approximate surface area is 472 Å². The number of thiophene rings is 2. The molecule has 0 aliphatic rings. The van der Waals surface area contributed by atoms with Crippen molar-refractivity contribution in [2.75, 3.05) is 9.80 Å². The quantitative estimate of drug-likeness (QED) is 0.140. The standard InChI is InChI=1S/C76H52N2S2/c1-45-31-37-55(63-43-51-19-11-13-25-57(51)71-61-27-15-17-29-67(61)79-75(63)71)47(3)73(45)77(53-21-7-5-8-22-53)65-41-35-49-34-40-60-66(42-36-50-33-39-59(65)69(49)70(50)60)78(54-23-9-6-10-24-54)74-46(2)32-38-56(48(74)4)64-44-52-20-12-14-26-58(52)72-62-28-16-18-30-68(62)80-76(64)72/h5-44H,1-4H3. The second kappa shape index (κ2) is 18.1. The molecule has 14 aromatic carbocycles. The third-order valence-corrected chi connectivity index (χ3v) is 19.6. The van der Waals surface area contributed by atoms with Gasteiger partial charge in [0.2, 0.25) is 0 Å². The number of benzene rings is 14. The fraction of sp³-hybridized carbons (Fsp3) is 0.0526. The van der Waals surface area contributed by atoms with Crippen LogP contribution in [0, 0.1) is 27.7 Å². The molecule has 0 aliphatic carbocycles. The zero-order chi connectivity index (χ0) is 53.3. The van der Waals surface area contributed by atoms with E-state index in [-0.39, 0.29) is 0 Å². The van der Waals surface area contributed by atoms with Crippen LogP contribution in [0.15, 0.2) is 243 Å². The minimum atomic E-state index is 1.12. The SMILES string of the molecule is Cc1ccc(-c2cc3ccccc3c3c2sc2ccccc23)c(C)c1N(c1ccccc1)c1ccc2ccc3c(N(c4ccccc4)c4c(C)ccc(-c5cc6ccccc6c6c5sc5ccccc56)c4C)ccc4ccc1c2c43. The largest absolute Gasteiger partial charge is 0.309 e. The Bertz CT molecular complexity index is 4860. The normalized spacial score (nSPS) is 12.0. The van der Waals surface area contributed by atoms with Crippen LogP contribution in [0.3, 0.4) is 0 Å². The Morgan fingerprint density at radius 1 is 0.275 bits per heavy atom. The Morgan fingerprint density at radius 2 is 0.650 bits per heavy atom. The van der Waals surface area contributed by atoms with Gasteiger partial charge in [0.05, 0.1) is 22.7 Å². The summed E-state index contributed by atoms with van der Waals surface area (Å²) in [5, 5.41) is 17.9. The summed E-state index contributed by atoms with van der Waals surface area (Å²) in [6.07, 6.45) is 0. The monoisotopic (exact) mass is 1060 g/mol. The highest BCUT2D eigenvalue weighted by Gasteiger charge is 2.27. The number of hydrogen-bond acceptors (Lipinski definition) is 4. The number of nitrogens with zero attached hydrogens (tertiary/aromatic N) is 2. The molecule has 0 unspecified atom stereocenters. The molecule has 2 heterocycles. The molecule has 2 nitrogen and oxygen atoms in total. The first-order chi connectivity index (χ1) is 39.4. The van der Waals surface area contributed by atoms with E-state index in [4.69, 9.17) is 0 Å². The van der Waals surface area contributed by atoms with Gasteiger partial charge in [-0.15, -0.1) is 22.7 Å². The number of fused-ring (bicyclic) bond motifs is 10. The van der Waals surface area contributed by atoms with Crippen LogP contribution in [0.25, 0.3) is 116 Å². The van der Waals surface area contributed by atoms with Gasteiger partial charge in [-0.25, -0.2) is 0 Å². The van der Waals surface area contributed by atoms with Crippen molar-refractivity contribution < 1.29 is 0 Å². The molecule has 0 fully saturated rings. The van der Waals surface area contributed by atoms with E-state index in [0.717, 1.165) is 22.7 Å². The van der Waals surface area contributed by atoms with E-state index < -0.39 is 0 Å². The van der Waals surface area contributed by atoms with E-state index in [2.05, 4.69) is 280 Å². The van der Waals surface area contributed by atoms with Gasteiger partial charge in [0.25, 0.3) is 0 Å². The molecule has 16 rings (SSSR count). The number of anilines is 6. The molecule has 0 saturated carbocycles. The predicted molar refractivity (Wildman–Crippen MR) is 350 cm³/mol. The first-order valence-electron chi connectivity index (χ1n) is 27.7. The zero-order valence-corrected chi connectivity index (χ0v) is 46.4. The Hall–Kier alpha value is -9.32. The molecule has 0 radical (unpaired) electrons. The van der Waals surface area contributed by atoms with Gasteiger partial charge in [-0.05, 0) is 165 Å². The first-order valence-corrected chi connectivity index (χ1v) is 29.3. The van der Waals surface area contributed by atoms with Gasteiger partial charge in [-0.3, -0.25) is 0 Å². The van der Waals surface area contributed by atoms with Gasteiger partial charge in [0.1, 0.15) is 0 Å². The minimum absolute atomic E-state index is 1.12. The van der Waals surface area contributed by atoms with Crippen LogP contribution >= 0.6 is 22.7 Å². The minimum Gasteiger partial charge on any atom is -0.309 e. The maximum Gasteiger partial charge on any atom is 0.0540 e. The van der Waals surface area contributed by atoms with Crippen molar-refractivity contribution in [3.05, 3.63) is 265 Å². The summed E-state index contributed by atoms with van der Waals surface area (Å²) in [4.78, 5) is 5.08. The van der Waals surface area contributed by atoms with Crippen molar-refractivity contribution in [2.24, 2.45) is 0 Å². The molecule has 2 aromatic heterocycles. The van der Waals surface area contributed by atoms with Gasteiger partial charge < -0.3 is 9.80 Å². The second-order valence-corrected chi connectivity index (χ2v) is 23.7. The molecule has 0 aliphatic heterocycles. The molecule has 0 saturated heterocycles. The third kappa shape index (κ3) is 6.96. The number of rotatable bonds is 8. The molecular formula is C76H52N2S2. The number of aryl methyl sites for hydroxylation is 2. The van der Waals surface area contributed by atoms with E-state index in [9.17, 15) is 0 Å². The summed E-state index contributed by atoms with van der Waals surface area (Å²) in [5.41, 5.74) is 17.0. The van der Waals surface area contributed by atoms with Crippen LogP contribution in [-0.2, 0) is 0 Å². The highest BCUT2D eigenvalue weighted by Crippen LogP contribution is 2.53. The maximum absolute atomic E-state index is 2.54. The lowest BCUT2D eigenvalue weighted by Crippen LogP contribution is -2.14. The fourth-order valence-electron chi connectivity index (χ4n) is 13.6. The van der Waals surface area contributed by atoms with Gasteiger partial charge in [0.15, 0.2) is 0 Å². The number of para-hydroxylation sites is 2. The van der Waals surface area contributed by atoms with Crippen molar-refractivity contribution in [2.45, 2.75) is 27.7 Å². The Morgan fingerprint density at radius 3 is 1.09 bits per heavy atom. The molecule has 4 heteroatoms. The van der Waals surface area contributed by atoms with Crippen LogP contribution in [0.1, 0.15) is 22.3 Å². The molecule has 0 atom stereocenters. The summed E-state index contributed by atoms with van der Waals surface area (Å²) in [5.74, 6) is 0. The summed E-state index contributed by atoms with van der Waals surface area (Å²) in [7, 11) is 0. The van der Waals surface area contributed by atoms with Crippen molar-refractivity contribution >= 4 is 151 Å². The van der Waals surface area contributed by atoms with Crippen LogP contribution in [-0.4, -0.2) is 0 Å². The molecule has 80 heavy (non-hydrogen) atoms. The van der Waals surface area contributed by atoms with E-state index in [1.165, 1.54) is 150 Å². The van der Waals surface area contributed by atoms with Crippen LogP contribution in [0.2, 0.25) is 0 Å². The molecule has 0 N–H and O–H groups in total. The molecule has 16 aromatic rings. The Kier molecular flexibility index (Phi) is 10.6. The maximum atomic E-state index is 2.54. The van der Waals surface area contributed by atoms with Crippen molar-refractivity contribution in [1.29, 1.82) is 0 Å². The average molecular weight is 1060 g/mol. The highest BCUT2D eigenvalue weighted by atomic mass is 32.1. The second-order valence-electron chi connectivity index (χ2n) is 21.6. The third-order valence-electron chi connectivity index (χ3n) is 17.2.